The Kier molecular flexibility index (Phi) is 5.42. The third-order valence-electron chi connectivity index (χ3n) is 4.27. The highest BCUT2D eigenvalue weighted by Gasteiger charge is 2.32. The van der Waals surface area contributed by atoms with E-state index in [1.807, 2.05) is 0 Å². The molecule has 0 amide bonds. The van der Waals surface area contributed by atoms with Crippen LogP contribution >= 0.6 is 0 Å². The molecular weight excluding hydrogens is 212 g/mol. The van der Waals surface area contributed by atoms with Crippen LogP contribution < -0.4 is 5.73 Å². The van der Waals surface area contributed by atoms with Gasteiger partial charge in [0.1, 0.15) is 0 Å². The first-order valence-corrected chi connectivity index (χ1v) is 6.89. The number of hydrogen-bond acceptors (Lipinski definition) is 3. The lowest BCUT2D eigenvalue weighted by Crippen LogP contribution is -2.44. The van der Waals surface area contributed by atoms with Crippen LogP contribution in [0, 0.1) is 11.8 Å². The number of hydrogen-bond donors (Lipinski definition) is 1. The quantitative estimate of drug-likeness (QED) is 0.775. The highest BCUT2D eigenvalue weighted by Crippen LogP contribution is 2.28. The molecular formula is C14H30N2O. The average molecular weight is 242 g/mol. The zero-order chi connectivity index (χ0) is 13.1. The van der Waals surface area contributed by atoms with Crippen molar-refractivity contribution in [1.82, 2.24) is 4.90 Å². The molecule has 0 aromatic rings. The fourth-order valence-electron chi connectivity index (χ4n) is 2.70. The summed E-state index contributed by atoms with van der Waals surface area (Å²) < 4.78 is 5.52. The van der Waals surface area contributed by atoms with Crippen molar-refractivity contribution in [3.63, 3.8) is 0 Å². The summed E-state index contributed by atoms with van der Waals surface area (Å²) in [6, 6.07) is 0.466. The van der Waals surface area contributed by atoms with E-state index in [-0.39, 0.29) is 5.60 Å². The molecule has 0 aliphatic carbocycles. The molecule has 1 heterocycles. The molecule has 1 rings (SSSR count). The second-order valence-corrected chi connectivity index (χ2v) is 6.35. The largest absolute Gasteiger partial charge is 0.379 e. The van der Waals surface area contributed by atoms with E-state index in [9.17, 15) is 0 Å². The van der Waals surface area contributed by atoms with Gasteiger partial charge in [-0.3, -0.25) is 4.90 Å². The Bertz CT molecular complexity index is 228. The van der Waals surface area contributed by atoms with Crippen LogP contribution in [0.1, 0.15) is 40.5 Å². The van der Waals surface area contributed by atoms with E-state index in [0.29, 0.717) is 6.04 Å². The Balaban J connectivity index is 2.52. The third kappa shape index (κ3) is 4.23. The van der Waals surface area contributed by atoms with Crippen molar-refractivity contribution < 1.29 is 4.74 Å². The summed E-state index contributed by atoms with van der Waals surface area (Å²) >= 11 is 0. The van der Waals surface area contributed by atoms with Crippen LogP contribution in [0.15, 0.2) is 0 Å². The van der Waals surface area contributed by atoms with E-state index in [4.69, 9.17) is 10.5 Å². The second kappa shape index (κ2) is 6.17. The van der Waals surface area contributed by atoms with Crippen molar-refractivity contribution >= 4 is 0 Å². The van der Waals surface area contributed by atoms with E-state index in [2.05, 4.69) is 32.6 Å². The molecule has 0 aromatic heterocycles. The van der Waals surface area contributed by atoms with Crippen molar-refractivity contribution in [2.24, 2.45) is 17.6 Å². The molecule has 3 nitrogen and oxygen atoms in total. The summed E-state index contributed by atoms with van der Waals surface area (Å²) in [4.78, 5) is 2.56. The standard InChI is InChI=1S/C14H30N2O/c1-11(2)12-6-7-16(10-12)13(9-15)8-14(3,4)17-5/h11-13H,6-10,15H2,1-5H3. The van der Waals surface area contributed by atoms with Crippen LogP contribution in [0.25, 0.3) is 0 Å². The predicted octanol–water partition coefficient (Wildman–Crippen LogP) is 2.11. The van der Waals surface area contributed by atoms with E-state index in [1.54, 1.807) is 7.11 Å². The maximum atomic E-state index is 5.94. The van der Waals surface area contributed by atoms with Gasteiger partial charge in [0, 0.05) is 26.2 Å². The average Bonchev–Trinajstić information content (AvgIpc) is 2.75. The lowest BCUT2D eigenvalue weighted by molar-refractivity contribution is -0.00536. The van der Waals surface area contributed by atoms with Crippen molar-refractivity contribution in [1.29, 1.82) is 0 Å². The maximum absolute atomic E-state index is 5.94. The van der Waals surface area contributed by atoms with Gasteiger partial charge in [0.15, 0.2) is 0 Å². The molecule has 2 atom stereocenters. The van der Waals surface area contributed by atoms with Crippen LogP contribution in [0.3, 0.4) is 0 Å². The fourth-order valence-corrected chi connectivity index (χ4v) is 2.70. The smallest absolute Gasteiger partial charge is 0.0638 e. The zero-order valence-electron chi connectivity index (χ0n) is 12.2. The topological polar surface area (TPSA) is 38.5 Å². The number of rotatable bonds is 6. The molecule has 1 aliphatic rings. The van der Waals surface area contributed by atoms with Gasteiger partial charge in [0.05, 0.1) is 5.60 Å². The molecule has 3 heteroatoms. The number of methoxy groups -OCH3 is 1. The molecule has 2 N–H and O–H groups in total. The lowest BCUT2D eigenvalue weighted by Gasteiger charge is -2.33. The number of likely N-dealkylation sites (tertiary alicyclic amines) is 1. The molecule has 0 saturated carbocycles. The second-order valence-electron chi connectivity index (χ2n) is 6.35. The van der Waals surface area contributed by atoms with E-state index >= 15 is 0 Å². The Morgan fingerprint density at radius 1 is 1.41 bits per heavy atom. The van der Waals surface area contributed by atoms with Gasteiger partial charge in [-0.1, -0.05) is 13.8 Å². The van der Waals surface area contributed by atoms with Crippen LogP contribution in [-0.2, 0) is 4.74 Å². The van der Waals surface area contributed by atoms with Crippen molar-refractivity contribution in [3.05, 3.63) is 0 Å². The van der Waals surface area contributed by atoms with Gasteiger partial charge >= 0.3 is 0 Å². The summed E-state index contributed by atoms with van der Waals surface area (Å²) in [6.07, 6.45) is 2.34. The monoisotopic (exact) mass is 242 g/mol. The molecule has 17 heavy (non-hydrogen) atoms. The minimum atomic E-state index is -0.0695. The lowest BCUT2D eigenvalue weighted by atomic mass is 9.95. The first kappa shape index (κ1) is 14.9. The predicted molar refractivity (Wildman–Crippen MR) is 73.1 cm³/mol. The molecule has 102 valence electrons. The minimum Gasteiger partial charge on any atom is -0.379 e. The van der Waals surface area contributed by atoms with Gasteiger partial charge in [0.25, 0.3) is 0 Å². The Morgan fingerprint density at radius 2 is 2.06 bits per heavy atom. The minimum absolute atomic E-state index is 0.0695. The van der Waals surface area contributed by atoms with Crippen LogP contribution in [-0.4, -0.2) is 43.3 Å². The zero-order valence-corrected chi connectivity index (χ0v) is 12.2. The van der Waals surface area contributed by atoms with Gasteiger partial charge in [0.2, 0.25) is 0 Å². The highest BCUT2D eigenvalue weighted by molar-refractivity contribution is 4.87. The summed E-state index contributed by atoms with van der Waals surface area (Å²) in [5.74, 6) is 1.63. The van der Waals surface area contributed by atoms with E-state index < -0.39 is 0 Å². The molecule has 0 radical (unpaired) electrons. The first-order chi connectivity index (χ1) is 7.89. The molecule has 1 fully saturated rings. The normalized spacial score (nSPS) is 24.5. The maximum Gasteiger partial charge on any atom is 0.0638 e. The summed E-state index contributed by atoms with van der Waals surface area (Å²) in [6.45, 7) is 12.1. The van der Waals surface area contributed by atoms with Gasteiger partial charge in [-0.15, -0.1) is 0 Å². The fraction of sp³-hybridized carbons (Fsp3) is 1.00. The van der Waals surface area contributed by atoms with E-state index in [0.717, 1.165) is 24.8 Å². The van der Waals surface area contributed by atoms with Crippen LogP contribution in [0.5, 0.6) is 0 Å². The first-order valence-electron chi connectivity index (χ1n) is 6.89. The van der Waals surface area contributed by atoms with Crippen molar-refractivity contribution in [2.75, 3.05) is 26.7 Å². The molecule has 1 saturated heterocycles. The molecule has 2 unspecified atom stereocenters. The summed E-state index contributed by atoms with van der Waals surface area (Å²) in [5.41, 5.74) is 5.87. The third-order valence-corrected chi connectivity index (χ3v) is 4.27. The number of nitrogens with zero attached hydrogens (tertiary/aromatic N) is 1. The molecule has 0 bridgehead atoms. The summed E-state index contributed by atoms with van der Waals surface area (Å²) in [7, 11) is 1.79. The van der Waals surface area contributed by atoms with Gasteiger partial charge in [-0.25, -0.2) is 0 Å². The Hall–Kier alpha value is -0.120. The molecule has 0 spiro atoms. The van der Waals surface area contributed by atoms with Crippen LogP contribution in [0.2, 0.25) is 0 Å². The van der Waals surface area contributed by atoms with E-state index in [1.165, 1.54) is 19.5 Å². The Morgan fingerprint density at radius 3 is 2.47 bits per heavy atom. The summed E-state index contributed by atoms with van der Waals surface area (Å²) in [5, 5.41) is 0. The highest BCUT2D eigenvalue weighted by atomic mass is 16.5. The van der Waals surface area contributed by atoms with Crippen molar-refractivity contribution in [2.45, 2.75) is 52.2 Å². The van der Waals surface area contributed by atoms with Gasteiger partial charge in [-0.2, -0.15) is 0 Å². The SMILES string of the molecule is COC(C)(C)CC(CN)N1CCC(C(C)C)C1. The molecule has 1 aliphatic heterocycles. The van der Waals surface area contributed by atoms with Gasteiger partial charge < -0.3 is 10.5 Å². The molecule has 0 aromatic carbocycles. The van der Waals surface area contributed by atoms with Crippen LogP contribution in [0.4, 0.5) is 0 Å². The Labute approximate surface area is 107 Å². The number of nitrogens with two attached hydrogens (primary N) is 1. The number of ether oxygens (including phenoxy) is 1. The van der Waals surface area contributed by atoms with Gasteiger partial charge in [-0.05, 0) is 45.1 Å². The van der Waals surface area contributed by atoms with Crippen molar-refractivity contribution in [3.8, 4) is 0 Å².